The molecule has 3 aromatic rings. The maximum atomic E-state index is 5.84. The molecule has 0 aliphatic rings. The highest BCUT2D eigenvalue weighted by Crippen LogP contribution is 2.27. The van der Waals surface area contributed by atoms with E-state index in [2.05, 4.69) is 60.0 Å². The normalized spacial score (nSPS) is 12.0. The molecular weight excluding hydrogens is 262 g/mol. The minimum Gasteiger partial charge on any atom is -0.382 e. The lowest BCUT2D eigenvalue weighted by Gasteiger charge is -2.23. The summed E-state index contributed by atoms with van der Waals surface area (Å²) in [5.41, 5.74) is 9.95. The lowest BCUT2D eigenvalue weighted by molar-refractivity contribution is 0.578. The Morgan fingerprint density at radius 1 is 1.10 bits per heavy atom. The number of hydrogen-bond acceptors (Lipinski definition) is 4. The van der Waals surface area contributed by atoms with E-state index in [1.807, 2.05) is 4.57 Å². The summed E-state index contributed by atoms with van der Waals surface area (Å²) < 4.78 is 2.01. The summed E-state index contributed by atoms with van der Waals surface area (Å²) >= 11 is 0. The number of nitrogen functional groups attached to an aromatic ring is 1. The molecule has 108 valence electrons. The van der Waals surface area contributed by atoms with Gasteiger partial charge in [-0.25, -0.2) is 15.0 Å². The Balaban J connectivity index is 2.06. The van der Waals surface area contributed by atoms with Crippen molar-refractivity contribution in [3.05, 3.63) is 48.0 Å². The lowest BCUT2D eigenvalue weighted by atomic mass is 9.84. The summed E-state index contributed by atoms with van der Waals surface area (Å²) in [6.45, 7) is 7.38. The van der Waals surface area contributed by atoms with Crippen molar-refractivity contribution in [3.63, 3.8) is 0 Å². The van der Waals surface area contributed by atoms with Crippen molar-refractivity contribution in [2.75, 3.05) is 5.73 Å². The van der Waals surface area contributed by atoms with Gasteiger partial charge in [0.25, 0.3) is 0 Å². The maximum absolute atomic E-state index is 5.84. The summed E-state index contributed by atoms with van der Waals surface area (Å²) in [4.78, 5) is 12.6. The van der Waals surface area contributed by atoms with E-state index in [9.17, 15) is 0 Å². The van der Waals surface area contributed by atoms with Gasteiger partial charge in [0.05, 0.1) is 12.9 Å². The van der Waals surface area contributed by atoms with Crippen LogP contribution in [0, 0.1) is 0 Å². The van der Waals surface area contributed by atoms with E-state index in [-0.39, 0.29) is 5.41 Å². The number of imidazole rings is 1. The fraction of sp³-hybridized carbons (Fsp3) is 0.312. The fourth-order valence-corrected chi connectivity index (χ4v) is 2.59. The molecule has 0 aliphatic carbocycles. The topological polar surface area (TPSA) is 69.6 Å². The number of nitrogens with zero attached hydrogens (tertiary/aromatic N) is 4. The monoisotopic (exact) mass is 281 g/mol. The molecule has 1 aromatic carbocycles. The molecule has 0 saturated carbocycles. The third-order valence-electron chi connectivity index (χ3n) is 3.60. The zero-order valence-corrected chi connectivity index (χ0v) is 12.5. The number of nitrogens with two attached hydrogens (primary N) is 1. The van der Waals surface area contributed by atoms with Gasteiger partial charge in [-0.05, 0) is 16.5 Å². The van der Waals surface area contributed by atoms with Crippen LogP contribution < -0.4 is 5.73 Å². The van der Waals surface area contributed by atoms with Crippen LogP contribution >= 0.6 is 0 Å². The van der Waals surface area contributed by atoms with E-state index >= 15 is 0 Å². The van der Waals surface area contributed by atoms with Gasteiger partial charge in [0.1, 0.15) is 11.8 Å². The number of aromatic nitrogens is 4. The standard InChI is InChI=1S/C16H19N5/c1-16(2,3)12-7-5-4-6-11(12)8-21-10-20-13-14(17)18-9-19-15(13)21/h4-7,9-10H,8H2,1-3H3,(H2,17,18,19). The maximum Gasteiger partial charge on any atom is 0.165 e. The Kier molecular flexibility index (Phi) is 3.12. The predicted molar refractivity (Wildman–Crippen MR) is 84.0 cm³/mol. The van der Waals surface area contributed by atoms with E-state index in [1.54, 1.807) is 6.33 Å². The van der Waals surface area contributed by atoms with Crippen LogP contribution in [0.25, 0.3) is 11.2 Å². The van der Waals surface area contributed by atoms with Gasteiger partial charge in [0.15, 0.2) is 11.5 Å². The summed E-state index contributed by atoms with van der Waals surface area (Å²) in [6.07, 6.45) is 3.25. The van der Waals surface area contributed by atoms with Crippen molar-refractivity contribution in [2.45, 2.75) is 32.7 Å². The number of benzene rings is 1. The highest BCUT2D eigenvalue weighted by molar-refractivity contribution is 5.81. The third kappa shape index (κ3) is 2.46. The first-order valence-corrected chi connectivity index (χ1v) is 6.96. The number of rotatable bonds is 2. The first kappa shape index (κ1) is 13.5. The fourth-order valence-electron chi connectivity index (χ4n) is 2.59. The molecule has 0 aliphatic heterocycles. The number of hydrogen-bond donors (Lipinski definition) is 1. The van der Waals surface area contributed by atoms with Crippen molar-refractivity contribution in [1.29, 1.82) is 0 Å². The molecule has 2 N–H and O–H groups in total. The van der Waals surface area contributed by atoms with Gasteiger partial charge in [-0.3, -0.25) is 0 Å². The van der Waals surface area contributed by atoms with E-state index < -0.39 is 0 Å². The second kappa shape index (κ2) is 4.84. The zero-order valence-electron chi connectivity index (χ0n) is 12.5. The van der Waals surface area contributed by atoms with E-state index in [0.717, 1.165) is 12.2 Å². The SMILES string of the molecule is CC(C)(C)c1ccccc1Cn1cnc2c(N)ncnc21. The molecule has 0 amide bonds. The third-order valence-corrected chi connectivity index (χ3v) is 3.60. The number of fused-ring (bicyclic) bond motifs is 1. The molecule has 3 rings (SSSR count). The summed E-state index contributed by atoms with van der Waals surface area (Å²) in [6, 6.07) is 8.47. The highest BCUT2D eigenvalue weighted by Gasteiger charge is 2.18. The second-order valence-electron chi connectivity index (χ2n) is 6.21. The molecule has 0 radical (unpaired) electrons. The molecule has 2 heterocycles. The Morgan fingerprint density at radius 2 is 1.86 bits per heavy atom. The minimum absolute atomic E-state index is 0.0982. The molecule has 0 bridgehead atoms. The van der Waals surface area contributed by atoms with Gasteiger partial charge in [0.2, 0.25) is 0 Å². The minimum atomic E-state index is 0.0982. The summed E-state index contributed by atoms with van der Waals surface area (Å²) in [7, 11) is 0. The summed E-state index contributed by atoms with van der Waals surface area (Å²) in [5, 5.41) is 0. The molecule has 0 unspecified atom stereocenters. The van der Waals surface area contributed by atoms with Crippen molar-refractivity contribution >= 4 is 17.0 Å². The van der Waals surface area contributed by atoms with Gasteiger partial charge in [-0.1, -0.05) is 45.0 Å². The molecule has 5 nitrogen and oxygen atoms in total. The molecule has 0 atom stereocenters. The van der Waals surface area contributed by atoms with E-state index in [1.165, 1.54) is 17.5 Å². The quantitative estimate of drug-likeness (QED) is 0.784. The average molecular weight is 281 g/mol. The van der Waals surface area contributed by atoms with Crippen molar-refractivity contribution in [1.82, 2.24) is 19.5 Å². The molecule has 0 spiro atoms. The number of anilines is 1. The molecule has 21 heavy (non-hydrogen) atoms. The van der Waals surface area contributed by atoms with Crippen LogP contribution in [0.3, 0.4) is 0 Å². The van der Waals surface area contributed by atoms with Gasteiger partial charge in [-0.2, -0.15) is 0 Å². The average Bonchev–Trinajstić information content (AvgIpc) is 2.83. The summed E-state index contributed by atoms with van der Waals surface area (Å²) in [5.74, 6) is 0.419. The Morgan fingerprint density at radius 3 is 2.62 bits per heavy atom. The first-order valence-electron chi connectivity index (χ1n) is 6.96. The van der Waals surface area contributed by atoms with Gasteiger partial charge in [0, 0.05) is 0 Å². The van der Waals surface area contributed by atoms with Crippen LogP contribution in [0.1, 0.15) is 31.9 Å². The smallest absolute Gasteiger partial charge is 0.165 e. The van der Waals surface area contributed by atoms with E-state index in [0.29, 0.717) is 11.3 Å². The van der Waals surface area contributed by atoms with Crippen LogP contribution in [0.4, 0.5) is 5.82 Å². The van der Waals surface area contributed by atoms with Crippen molar-refractivity contribution in [2.24, 2.45) is 0 Å². The van der Waals surface area contributed by atoms with E-state index in [4.69, 9.17) is 5.73 Å². The highest BCUT2D eigenvalue weighted by atomic mass is 15.1. The first-order chi connectivity index (χ1) is 9.97. The van der Waals surface area contributed by atoms with Crippen molar-refractivity contribution in [3.8, 4) is 0 Å². The van der Waals surface area contributed by atoms with Gasteiger partial charge >= 0.3 is 0 Å². The van der Waals surface area contributed by atoms with Gasteiger partial charge in [-0.15, -0.1) is 0 Å². The van der Waals surface area contributed by atoms with Crippen LogP contribution in [0.2, 0.25) is 0 Å². The van der Waals surface area contributed by atoms with Crippen LogP contribution in [-0.4, -0.2) is 19.5 Å². The predicted octanol–water partition coefficient (Wildman–Crippen LogP) is 2.75. The Labute approximate surface area is 123 Å². The lowest BCUT2D eigenvalue weighted by Crippen LogP contribution is -2.15. The Hall–Kier alpha value is -2.43. The largest absolute Gasteiger partial charge is 0.382 e. The molecule has 2 aromatic heterocycles. The molecule has 5 heteroatoms. The molecular formula is C16H19N5. The zero-order chi connectivity index (χ0) is 15.0. The van der Waals surface area contributed by atoms with Crippen LogP contribution in [0.15, 0.2) is 36.9 Å². The van der Waals surface area contributed by atoms with Gasteiger partial charge < -0.3 is 10.3 Å². The van der Waals surface area contributed by atoms with Crippen LogP contribution in [0.5, 0.6) is 0 Å². The second-order valence-corrected chi connectivity index (χ2v) is 6.21. The van der Waals surface area contributed by atoms with Crippen LogP contribution in [-0.2, 0) is 12.0 Å². The van der Waals surface area contributed by atoms with Crippen molar-refractivity contribution < 1.29 is 0 Å². The Bertz CT molecular complexity index is 783. The molecule has 0 saturated heterocycles. The molecule has 0 fully saturated rings.